The number of amides is 1. The molecule has 1 N–H and O–H groups in total. The van der Waals surface area contributed by atoms with Crippen LogP contribution in [0.4, 0.5) is 5.69 Å². The molecule has 4 heteroatoms. The Morgan fingerprint density at radius 3 is 2.29 bits per heavy atom. The van der Waals surface area contributed by atoms with Crippen LogP contribution >= 0.6 is 31.9 Å². The maximum absolute atomic E-state index is 11.9. The van der Waals surface area contributed by atoms with Crippen molar-refractivity contribution in [2.24, 2.45) is 0 Å². The SMILES string of the molecule is O=C(Nc1ccccc1)c1ccc(Br)c(Br)c1. The number of nitrogens with one attached hydrogen (secondary N) is 1. The third kappa shape index (κ3) is 3.17. The molecule has 17 heavy (non-hydrogen) atoms. The van der Waals surface area contributed by atoms with Gasteiger partial charge in [0.05, 0.1) is 0 Å². The Kier molecular flexibility index (Phi) is 3.97. The molecule has 0 aromatic heterocycles. The third-order valence-electron chi connectivity index (χ3n) is 2.21. The molecule has 2 aromatic carbocycles. The van der Waals surface area contributed by atoms with E-state index < -0.39 is 0 Å². The average molecular weight is 355 g/mol. The minimum atomic E-state index is -0.121. The van der Waals surface area contributed by atoms with Crippen LogP contribution in [0, 0.1) is 0 Å². The number of anilines is 1. The quantitative estimate of drug-likeness (QED) is 0.847. The van der Waals surface area contributed by atoms with Gasteiger partial charge in [0.25, 0.3) is 5.91 Å². The number of rotatable bonds is 2. The molecule has 0 fully saturated rings. The number of halogens is 2. The van der Waals surface area contributed by atoms with Crippen LogP contribution in [0.5, 0.6) is 0 Å². The van der Waals surface area contributed by atoms with E-state index in [2.05, 4.69) is 37.2 Å². The van der Waals surface area contributed by atoms with Crippen LogP contribution in [0.1, 0.15) is 10.4 Å². The molecule has 0 bridgehead atoms. The number of carbonyl (C=O) groups is 1. The van der Waals surface area contributed by atoms with Crippen molar-refractivity contribution in [2.45, 2.75) is 0 Å². The molecule has 0 unspecified atom stereocenters. The van der Waals surface area contributed by atoms with Gasteiger partial charge in [0.1, 0.15) is 0 Å². The second-order valence-corrected chi connectivity index (χ2v) is 5.16. The van der Waals surface area contributed by atoms with Crippen LogP contribution in [0.25, 0.3) is 0 Å². The predicted molar refractivity (Wildman–Crippen MR) is 76.2 cm³/mol. The van der Waals surface area contributed by atoms with Crippen LogP contribution in [0.3, 0.4) is 0 Å². The molecule has 0 aliphatic carbocycles. The Labute approximate surface area is 116 Å². The van der Waals surface area contributed by atoms with Crippen molar-refractivity contribution in [2.75, 3.05) is 5.32 Å². The second kappa shape index (κ2) is 5.47. The predicted octanol–water partition coefficient (Wildman–Crippen LogP) is 4.46. The van der Waals surface area contributed by atoms with E-state index in [4.69, 9.17) is 0 Å². The normalized spacial score (nSPS) is 10.0. The Hall–Kier alpha value is -1.13. The zero-order valence-corrected chi connectivity index (χ0v) is 12.0. The largest absolute Gasteiger partial charge is 0.322 e. The molecule has 2 rings (SSSR count). The van der Waals surface area contributed by atoms with Gasteiger partial charge >= 0.3 is 0 Å². The van der Waals surface area contributed by atoms with Gasteiger partial charge in [0, 0.05) is 20.2 Å². The summed E-state index contributed by atoms with van der Waals surface area (Å²) in [5.74, 6) is -0.121. The van der Waals surface area contributed by atoms with Crippen molar-refractivity contribution in [1.82, 2.24) is 0 Å². The van der Waals surface area contributed by atoms with Gasteiger partial charge in [-0.3, -0.25) is 4.79 Å². The number of hydrogen-bond acceptors (Lipinski definition) is 1. The minimum Gasteiger partial charge on any atom is -0.322 e. The summed E-state index contributed by atoms with van der Waals surface area (Å²) in [5.41, 5.74) is 1.40. The maximum Gasteiger partial charge on any atom is 0.255 e. The molecular formula is C13H9Br2NO. The first-order chi connectivity index (χ1) is 8.16. The van der Waals surface area contributed by atoms with Gasteiger partial charge in [-0.15, -0.1) is 0 Å². The third-order valence-corrected chi connectivity index (χ3v) is 4.09. The second-order valence-electron chi connectivity index (χ2n) is 3.45. The summed E-state index contributed by atoms with van der Waals surface area (Å²) in [5, 5.41) is 2.83. The van der Waals surface area contributed by atoms with Gasteiger partial charge in [-0.25, -0.2) is 0 Å². The molecule has 86 valence electrons. The molecule has 2 aromatic rings. The number of para-hydroxylation sites is 1. The van der Waals surface area contributed by atoms with Crippen molar-refractivity contribution in [3.05, 3.63) is 63.0 Å². The van der Waals surface area contributed by atoms with Gasteiger partial charge in [-0.1, -0.05) is 18.2 Å². The Morgan fingerprint density at radius 2 is 1.65 bits per heavy atom. The molecule has 1 amide bonds. The summed E-state index contributed by atoms with van der Waals surface area (Å²) in [6, 6.07) is 14.8. The lowest BCUT2D eigenvalue weighted by atomic mass is 10.2. The first-order valence-electron chi connectivity index (χ1n) is 4.98. The summed E-state index contributed by atoms with van der Waals surface area (Å²) >= 11 is 6.74. The fraction of sp³-hybridized carbons (Fsp3) is 0. The smallest absolute Gasteiger partial charge is 0.255 e. The molecule has 0 radical (unpaired) electrons. The molecule has 0 aliphatic heterocycles. The van der Waals surface area contributed by atoms with Crippen molar-refractivity contribution in [3.63, 3.8) is 0 Å². The van der Waals surface area contributed by atoms with E-state index in [1.54, 1.807) is 12.1 Å². The van der Waals surface area contributed by atoms with Crippen LogP contribution in [0.15, 0.2) is 57.5 Å². The van der Waals surface area contributed by atoms with Gasteiger partial charge in [0.15, 0.2) is 0 Å². The van der Waals surface area contributed by atoms with Gasteiger partial charge in [-0.2, -0.15) is 0 Å². The number of hydrogen-bond donors (Lipinski definition) is 1. The average Bonchev–Trinajstić information content (AvgIpc) is 2.34. The lowest BCUT2D eigenvalue weighted by Crippen LogP contribution is -2.11. The minimum absolute atomic E-state index is 0.121. The summed E-state index contributed by atoms with van der Waals surface area (Å²) in [7, 11) is 0. The Bertz CT molecular complexity index is 540. The molecule has 0 spiro atoms. The lowest BCUT2D eigenvalue weighted by Gasteiger charge is -2.05. The zero-order chi connectivity index (χ0) is 12.3. The van der Waals surface area contributed by atoms with Gasteiger partial charge < -0.3 is 5.32 Å². The monoisotopic (exact) mass is 353 g/mol. The van der Waals surface area contributed by atoms with Crippen molar-refractivity contribution in [3.8, 4) is 0 Å². The van der Waals surface area contributed by atoms with Crippen LogP contribution in [0.2, 0.25) is 0 Å². The Balaban J connectivity index is 2.18. The zero-order valence-electron chi connectivity index (χ0n) is 8.78. The van der Waals surface area contributed by atoms with Crippen molar-refractivity contribution in [1.29, 1.82) is 0 Å². The van der Waals surface area contributed by atoms with Crippen LogP contribution in [-0.4, -0.2) is 5.91 Å². The van der Waals surface area contributed by atoms with E-state index in [1.165, 1.54) is 0 Å². The molecule has 0 heterocycles. The van der Waals surface area contributed by atoms with Gasteiger partial charge in [-0.05, 0) is 62.2 Å². The molecular weight excluding hydrogens is 346 g/mol. The standard InChI is InChI=1S/C13H9Br2NO/c14-11-7-6-9(8-12(11)15)13(17)16-10-4-2-1-3-5-10/h1-8H,(H,16,17). The summed E-state index contributed by atoms with van der Waals surface area (Å²) in [6.07, 6.45) is 0. The Morgan fingerprint density at radius 1 is 0.941 bits per heavy atom. The summed E-state index contributed by atoms with van der Waals surface area (Å²) in [6.45, 7) is 0. The lowest BCUT2D eigenvalue weighted by molar-refractivity contribution is 0.102. The fourth-order valence-corrected chi connectivity index (χ4v) is 1.99. The number of carbonyl (C=O) groups excluding carboxylic acids is 1. The molecule has 0 saturated carbocycles. The molecule has 2 nitrogen and oxygen atoms in total. The fourth-order valence-electron chi connectivity index (χ4n) is 1.36. The van der Waals surface area contributed by atoms with E-state index in [9.17, 15) is 4.79 Å². The van der Waals surface area contributed by atoms with Crippen molar-refractivity contribution >= 4 is 43.5 Å². The van der Waals surface area contributed by atoms with Crippen LogP contribution < -0.4 is 5.32 Å². The highest BCUT2D eigenvalue weighted by atomic mass is 79.9. The topological polar surface area (TPSA) is 29.1 Å². The first kappa shape index (κ1) is 12.3. The number of benzene rings is 2. The molecule has 0 aliphatic rings. The van der Waals surface area contributed by atoms with E-state index in [1.807, 2.05) is 36.4 Å². The summed E-state index contributed by atoms with van der Waals surface area (Å²) < 4.78 is 1.78. The van der Waals surface area contributed by atoms with E-state index in [-0.39, 0.29) is 5.91 Å². The highest BCUT2D eigenvalue weighted by Crippen LogP contribution is 2.24. The van der Waals surface area contributed by atoms with E-state index >= 15 is 0 Å². The van der Waals surface area contributed by atoms with Crippen LogP contribution in [-0.2, 0) is 0 Å². The maximum atomic E-state index is 11.9. The van der Waals surface area contributed by atoms with Gasteiger partial charge in [0.2, 0.25) is 0 Å². The van der Waals surface area contributed by atoms with E-state index in [0.29, 0.717) is 5.56 Å². The molecule has 0 saturated heterocycles. The summed E-state index contributed by atoms with van der Waals surface area (Å²) in [4.78, 5) is 11.9. The highest BCUT2D eigenvalue weighted by Gasteiger charge is 2.07. The first-order valence-corrected chi connectivity index (χ1v) is 6.57. The van der Waals surface area contributed by atoms with E-state index in [0.717, 1.165) is 14.6 Å². The molecule has 0 atom stereocenters. The highest BCUT2D eigenvalue weighted by molar-refractivity contribution is 9.13. The van der Waals surface area contributed by atoms with Crippen molar-refractivity contribution < 1.29 is 4.79 Å².